The Morgan fingerprint density at radius 2 is 0.581 bits per heavy atom. The molecule has 0 radical (unpaired) electrons. The zero-order valence-electron chi connectivity index (χ0n) is 59.9. The minimum Gasteiger partial charge on any atom is -0.462 e. The number of ether oxygens (including phenoxy) is 4. The SMILES string of the molecule is CCCCCC/C=C\C=C/CCCCCCCC(=O)O[C@H](COC(=O)CCCCCCCCCCCCCCCCC)COP(=O)(O)OC[C@@H](O)COP(=O)(O)OC[C@@H](COC(=O)CCCCCCCCC(C)C)OC(=O)CCCCCCCCCCCCCCCC. The lowest BCUT2D eigenvalue weighted by atomic mass is 10.0. The number of phosphoric acid groups is 2. The molecule has 0 rings (SSSR count). The van der Waals surface area contributed by atoms with Crippen molar-refractivity contribution in [2.45, 2.75) is 380 Å². The van der Waals surface area contributed by atoms with Crippen LogP contribution in [0.15, 0.2) is 24.3 Å². The summed E-state index contributed by atoms with van der Waals surface area (Å²) in [6.45, 7) is 7.13. The molecule has 93 heavy (non-hydrogen) atoms. The molecule has 5 atom stereocenters. The van der Waals surface area contributed by atoms with Gasteiger partial charge < -0.3 is 33.8 Å². The van der Waals surface area contributed by atoms with Crippen molar-refractivity contribution in [2.75, 3.05) is 39.6 Å². The van der Waals surface area contributed by atoms with E-state index in [-0.39, 0.29) is 25.7 Å². The first kappa shape index (κ1) is 90.5. The predicted molar refractivity (Wildman–Crippen MR) is 377 cm³/mol. The van der Waals surface area contributed by atoms with Crippen LogP contribution in [0.25, 0.3) is 0 Å². The van der Waals surface area contributed by atoms with Crippen LogP contribution in [0.5, 0.6) is 0 Å². The summed E-state index contributed by atoms with van der Waals surface area (Å²) >= 11 is 0. The maximum absolute atomic E-state index is 13.1. The van der Waals surface area contributed by atoms with E-state index in [1.807, 2.05) is 0 Å². The van der Waals surface area contributed by atoms with Gasteiger partial charge in [0.15, 0.2) is 12.2 Å². The highest BCUT2D eigenvalue weighted by atomic mass is 31.2. The summed E-state index contributed by atoms with van der Waals surface area (Å²) in [6, 6.07) is 0. The first-order chi connectivity index (χ1) is 45.0. The smallest absolute Gasteiger partial charge is 0.462 e. The van der Waals surface area contributed by atoms with Crippen LogP contribution < -0.4 is 0 Å². The molecule has 0 spiro atoms. The maximum atomic E-state index is 13.1. The fourth-order valence-electron chi connectivity index (χ4n) is 10.8. The van der Waals surface area contributed by atoms with E-state index < -0.39 is 97.5 Å². The molecule has 548 valence electrons. The van der Waals surface area contributed by atoms with Gasteiger partial charge in [0.25, 0.3) is 0 Å². The van der Waals surface area contributed by atoms with E-state index in [0.717, 1.165) is 109 Å². The molecular weight excluding hydrogens is 1220 g/mol. The Bertz CT molecular complexity index is 1880. The van der Waals surface area contributed by atoms with Crippen molar-refractivity contribution in [3.63, 3.8) is 0 Å². The van der Waals surface area contributed by atoms with Gasteiger partial charge in [0.05, 0.1) is 26.4 Å². The number of esters is 4. The van der Waals surface area contributed by atoms with E-state index in [1.165, 1.54) is 167 Å². The second kappa shape index (κ2) is 66.8. The monoisotopic (exact) mass is 1360 g/mol. The number of allylic oxidation sites excluding steroid dienone is 4. The second-order valence-electron chi connectivity index (χ2n) is 26.5. The number of carbonyl (C=O) groups excluding carboxylic acids is 4. The Morgan fingerprint density at radius 3 is 0.882 bits per heavy atom. The van der Waals surface area contributed by atoms with Crippen LogP contribution in [0, 0.1) is 5.92 Å². The molecule has 3 N–H and O–H groups in total. The van der Waals surface area contributed by atoms with Crippen molar-refractivity contribution in [3.8, 4) is 0 Å². The number of hydrogen-bond acceptors (Lipinski definition) is 15. The van der Waals surface area contributed by atoms with Gasteiger partial charge in [0.2, 0.25) is 0 Å². The van der Waals surface area contributed by atoms with Crippen molar-refractivity contribution < 1.29 is 80.2 Å². The molecule has 0 amide bonds. The molecule has 0 aliphatic heterocycles. The molecule has 0 saturated heterocycles. The van der Waals surface area contributed by atoms with E-state index >= 15 is 0 Å². The number of phosphoric ester groups is 2. The van der Waals surface area contributed by atoms with Crippen molar-refractivity contribution in [1.82, 2.24) is 0 Å². The number of unbranched alkanes of at least 4 members (excludes halogenated alkanes) is 41. The normalized spacial score (nSPS) is 14.2. The Labute approximate surface area is 567 Å². The molecule has 0 saturated carbocycles. The van der Waals surface area contributed by atoms with Gasteiger partial charge in [-0.25, -0.2) is 9.13 Å². The van der Waals surface area contributed by atoms with Crippen LogP contribution in [-0.2, 0) is 65.4 Å². The Hall–Kier alpha value is -2.46. The van der Waals surface area contributed by atoms with Gasteiger partial charge in [-0.3, -0.25) is 37.3 Å². The van der Waals surface area contributed by atoms with Crippen LogP contribution in [0.1, 0.15) is 362 Å². The fourth-order valence-corrected chi connectivity index (χ4v) is 12.4. The standard InChI is InChI=1S/C74H140O17P2/c1-6-9-12-15-18-21-24-27-30-33-35-38-41-47-52-57-71(76)84-63-69(90-73(78)60-55-50-43-40-37-34-31-28-25-22-19-16-13-10-7-2)65-88-92(80,81)86-61-68(75)62-87-93(82,83)89-66-70(64-85-72(77)58-53-48-45-44-46-51-56-67(4)5)91-74(79)59-54-49-42-39-36-32-29-26-23-20-17-14-11-8-3/h22,25,28,31,67-70,75H,6-21,23-24,26-27,29-30,32-66H2,1-5H3,(H,80,81)(H,82,83)/b25-22-,31-28-/t68-,69-,70-/m1/s1. The lowest BCUT2D eigenvalue weighted by molar-refractivity contribution is -0.161. The molecule has 0 heterocycles. The molecule has 0 aromatic rings. The summed E-state index contributed by atoms with van der Waals surface area (Å²) in [7, 11) is -9.92. The highest BCUT2D eigenvalue weighted by molar-refractivity contribution is 7.47. The summed E-state index contributed by atoms with van der Waals surface area (Å²) in [5.41, 5.74) is 0. The number of carbonyl (C=O) groups is 4. The van der Waals surface area contributed by atoms with Gasteiger partial charge in [-0.15, -0.1) is 0 Å². The number of rotatable bonds is 72. The van der Waals surface area contributed by atoms with E-state index in [1.54, 1.807) is 0 Å². The van der Waals surface area contributed by atoms with E-state index in [9.17, 15) is 43.2 Å². The molecule has 0 aromatic heterocycles. The summed E-state index contributed by atoms with van der Waals surface area (Å²) in [5, 5.41) is 10.6. The summed E-state index contributed by atoms with van der Waals surface area (Å²) < 4.78 is 68.4. The summed E-state index contributed by atoms with van der Waals surface area (Å²) in [5.74, 6) is -1.47. The number of aliphatic hydroxyl groups excluding tert-OH is 1. The number of hydrogen-bond donors (Lipinski definition) is 3. The quantitative estimate of drug-likeness (QED) is 0.0169. The van der Waals surface area contributed by atoms with Crippen LogP contribution in [-0.4, -0.2) is 96.7 Å². The van der Waals surface area contributed by atoms with Crippen LogP contribution >= 0.6 is 15.6 Å². The second-order valence-corrected chi connectivity index (χ2v) is 29.4. The molecule has 0 bridgehead atoms. The molecule has 0 aliphatic rings. The first-order valence-electron chi connectivity index (χ1n) is 38.0. The molecular formula is C74H140O17P2. The van der Waals surface area contributed by atoms with Crippen molar-refractivity contribution in [3.05, 3.63) is 24.3 Å². The predicted octanol–water partition coefficient (Wildman–Crippen LogP) is 21.2. The third kappa shape index (κ3) is 67.9. The van der Waals surface area contributed by atoms with Crippen LogP contribution in [0.4, 0.5) is 0 Å². The van der Waals surface area contributed by atoms with E-state index in [2.05, 4.69) is 58.9 Å². The highest BCUT2D eigenvalue weighted by Gasteiger charge is 2.30. The van der Waals surface area contributed by atoms with Crippen LogP contribution in [0.3, 0.4) is 0 Å². The third-order valence-electron chi connectivity index (χ3n) is 16.7. The fraction of sp³-hybridized carbons (Fsp3) is 0.892. The van der Waals surface area contributed by atoms with Crippen molar-refractivity contribution in [2.24, 2.45) is 5.92 Å². The molecule has 0 aromatic carbocycles. The molecule has 19 heteroatoms. The van der Waals surface area contributed by atoms with Gasteiger partial charge >= 0.3 is 39.5 Å². The maximum Gasteiger partial charge on any atom is 0.472 e. The first-order valence-corrected chi connectivity index (χ1v) is 40.9. The lowest BCUT2D eigenvalue weighted by Crippen LogP contribution is -2.30. The Kier molecular flexibility index (Phi) is 65.0. The molecule has 2 unspecified atom stereocenters. The number of aliphatic hydroxyl groups is 1. The highest BCUT2D eigenvalue weighted by Crippen LogP contribution is 2.45. The van der Waals surface area contributed by atoms with E-state index in [0.29, 0.717) is 31.6 Å². The minimum atomic E-state index is -4.96. The minimum absolute atomic E-state index is 0.0856. The average molecular weight is 1360 g/mol. The Morgan fingerprint density at radius 1 is 0.333 bits per heavy atom. The zero-order valence-corrected chi connectivity index (χ0v) is 61.7. The molecule has 0 fully saturated rings. The summed E-state index contributed by atoms with van der Waals surface area (Å²) in [4.78, 5) is 72.7. The Balaban J connectivity index is 5.27. The summed E-state index contributed by atoms with van der Waals surface area (Å²) in [6.07, 6.45) is 57.7. The average Bonchev–Trinajstić information content (AvgIpc) is 3.29. The topological polar surface area (TPSA) is 237 Å². The van der Waals surface area contributed by atoms with Crippen molar-refractivity contribution in [1.29, 1.82) is 0 Å². The lowest BCUT2D eigenvalue weighted by Gasteiger charge is -2.21. The molecule has 0 aliphatic carbocycles. The van der Waals surface area contributed by atoms with Gasteiger partial charge in [-0.2, -0.15) is 0 Å². The van der Waals surface area contributed by atoms with Gasteiger partial charge in [-0.1, -0.05) is 309 Å². The van der Waals surface area contributed by atoms with Gasteiger partial charge in [0, 0.05) is 25.7 Å². The van der Waals surface area contributed by atoms with Gasteiger partial charge in [-0.05, 0) is 57.3 Å². The molecule has 17 nitrogen and oxygen atoms in total. The largest absolute Gasteiger partial charge is 0.472 e. The van der Waals surface area contributed by atoms with Gasteiger partial charge in [0.1, 0.15) is 19.3 Å². The van der Waals surface area contributed by atoms with E-state index in [4.69, 9.17) is 37.0 Å². The third-order valence-corrected chi connectivity index (χ3v) is 18.6. The van der Waals surface area contributed by atoms with Crippen LogP contribution in [0.2, 0.25) is 0 Å². The zero-order chi connectivity index (χ0) is 68.4. The van der Waals surface area contributed by atoms with Crippen molar-refractivity contribution >= 4 is 39.5 Å².